The van der Waals surface area contributed by atoms with Crippen molar-refractivity contribution in [2.45, 2.75) is 126 Å². The summed E-state index contributed by atoms with van der Waals surface area (Å²) in [7, 11) is 0. The highest BCUT2D eigenvalue weighted by Crippen LogP contribution is 2.47. The first-order valence-corrected chi connectivity index (χ1v) is 20.7. The van der Waals surface area contributed by atoms with Gasteiger partial charge in [0.2, 0.25) is 23.7 Å². The molecule has 4 aliphatic carbocycles. The molecule has 0 radical (unpaired) electrons. The van der Waals surface area contributed by atoms with Crippen molar-refractivity contribution in [1.82, 2.24) is 15.0 Å². The maximum absolute atomic E-state index is 13.6. The van der Waals surface area contributed by atoms with Crippen LogP contribution in [0.4, 0.5) is 17.6 Å². The van der Waals surface area contributed by atoms with Gasteiger partial charge in [-0.05, 0) is 98.6 Å². The Bertz CT molecular complexity index is 1980. The number of aromatic nitrogens is 3. The Morgan fingerprint density at radius 2 is 1.47 bits per heavy atom. The molecule has 4 fully saturated rings. The van der Waals surface area contributed by atoms with Crippen LogP contribution in [0.2, 0.25) is 0 Å². The van der Waals surface area contributed by atoms with Crippen LogP contribution < -0.4 is 11.5 Å². The largest absolute Gasteiger partial charge is 0.369 e. The van der Waals surface area contributed by atoms with Gasteiger partial charge < -0.3 is 11.5 Å². The Balaban J connectivity index is 0.000000185. The normalized spacial score (nSPS) is 21.6. The standard InChI is InChI=1S/C19H22F2N4O2S.C16H18F2OS.C4H6N4O/c20-19(21)4-1-12(2-5-19)14(9-16(26)13-3-8-28-11-13)15-10-25(24-23-15)18(6-7-18)17(22)27;1-3-15(2,10-14(19)12-6-9-20-11-12)13-4-7-16(17,18)8-5-13;5-3(9)4(1-2-4)7-8-6/h3,8,10-12,14H,1-2,4-7,9H2,(H2,22,27);1,6,9,11,13H,4-5,7-8,10H2,2H3;1-2H2,(H2,5,9)/t14-;15-;/m00./s1. The summed E-state index contributed by atoms with van der Waals surface area (Å²) in [5, 5.41) is 18.9. The van der Waals surface area contributed by atoms with Crippen molar-refractivity contribution in [3.8, 4) is 12.3 Å². The number of ketones is 2. The average molecular weight is 831 g/mol. The molecule has 12 nitrogen and oxygen atoms in total. The van der Waals surface area contributed by atoms with Crippen molar-refractivity contribution in [1.29, 1.82) is 0 Å². The summed E-state index contributed by atoms with van der Waals surface area (Å²) in [5.74, 6) is -3.88. The van der Waals surface area contributed by atoms with E-state index < -0.39 is 40.2 Å². The molecule has 2 atom stereocenters. The van der Waals surface area contributed by atoms with Gasteiger partial charge in [-0.25, -0.2) is 22.2 Å². The summed E-state index contributed by atoms with van der Waals surface area (Å²) in [6, 6.07) is 3.54. The van der Waals surface area contributed by atoms with Crippen molar-refractivity contribution in [3.05, 3.63) is 67.1 Å². The van der Waals surface area contributed by atoms with Crippen molar-refractivity contribution in [2.75, 3.05) is 0 Å². The van der Waals surface area contributed by atoms with Crippen LogP contribution in [0.25, 0.3) is 10.4 Å². The van der Waals surface area contributed by atoms with Crippen LogP contribution in [0.15, 0.2) is 45.0 Å². The molecule has 0 aromatic carbocycles. The molecule has 0 spiro atoms. The molecule has 0 bridgehead atoms. The molecule has 7 rings (SSSR count). The van der Waals surface area contributed by atoms with Crippen molar-refractivity contribution in [3.63, 3.8) is 0 Å². The number of carbonyl (C=O) groups excluding carboxylic acids is 4. The fraction of sp³-hybridized carbons (Fsp3) is 0.590. The second kappa shape index (κ2) is 17.5. The van der Waals surface area contributed by atoms with Gasteiger partial charge >= 0.3 is 0 Å². The minimum atomic E-state index is -2.64. The van der Waals surface area contributed by atoms with Crippen LogP contribution in [0.3, 0.4) is 0 Å². The summed E-state index contributed by atoms with van der Waals surface area (Å²) in [5.41, 5.74) is 17.9. The van der Waals surface area contributed by atoms with E-state index in [0.717, 1.165) is 0 Å². The monoisotopic (exact) mass is 830 g/mol. The first-order valence-electron chi connectivity index (χ1n) is 18.8. The van der Waals surface area contributed by atoms with E-state index in [-0.39, 0.29) is 67.8 Å². The first kappa shape index (κ1) is 43.5. The number of hydrogen-bond donors (Lipinski definition) is 2. The van der Waals surface area contributed by atoms with Gasteiger partial charge in [-0.3, -0.25) is 19.2 Å². The highest BCUT2D eigenvalue weighted by atomic mass is 32.1. The third-order valence-electron chi connectivity index (χ3n) is 11.8. The number of nitrogens with two attached hydrogens (primary N) is 2. The average Bonchev–Trinajstić information content (AvgIpc) is 3.85. The SMILES string of the molecule is C#C[C@@](C)(CC(=O)c1ccsc1)C1CCC(F)(F)CC1.NC(=O)C1(n2cc([C@@H](CC(=O)c3ccsc3)C3CCC(F)(F)CC3)nn2)CC1.[N-]=[N+]=NC1(C(N)=O)CC1. The number of nitrogens with zero attached hydrogens (tertiary/aromatic N) is 6. The molecule has 4 aliphatic rings. The predicted octanol–water partition coefficient (Wildman–Crippen LogP) is 8.60. The van der Waals surface area contributed by atoms with Gasteiger partial charge in [0.05, 0.1) is 5.69 Å². The van der Waals surface area contributed by atoms with Gasteiger partial charge in [-0.15, -0.1) is 11.5 Å². The van der Waals surface area contributed by atoms with E-state index in [0.29, 0.717) is 68.2 Å². The zero-order valence-electron chi connectivity index (χ0n) is 31.5. The summed E-state index contributed by atoms with van der Waals surface area (Å²) >= 11 is 2.91. The van der Waals surface area contributed by atoms with Crippen LogP contribution >= 0.6 is 22.7 Å². The molecule has 57 heavy (non-hydrogen) atoms. The van der Waals surface area contributed by atoms with Gasteiger partial charge in [-0.2, -0.15) is 22.7 Å². The number of thiophene rings is 2. The van der Waals surface area contributed by atoms with Crippen LogP contribution in [0.1, 0.15) is 129 Å². The molecule has 3 aromatic heterocycles. The van der Waals surface area contributed by atoms with Crippen molar-refractivity contribution >= 4 is 46.1 Å². The van der Waals surface area contributed by atoms with Crippen molar-refractivity contribution < 1.29 is 36.7 Å². The van der Waals surface area contributed by atoms with E-state index in [1.165, 1.54) is 27.4 Å². The number of primary amides is 2. The van der Waals surface area contributed by atoms with E-state index in [1.807, 2.05) is 17.7 Å². The Kier molecular flexibility index (Phi) is 13.4. The highest BCUT2D eigenvalue weighted by molar-refractivity contribution is 7.08. The molecule has 3 aromatic rings. The van der Waals surface area contributed by atoms with E-state index >= 15 is 0 Å². The first-order chi connectivity index (χ1) is 26.9. The lowest BCUT2D eigenvalue weighted by atomic mass is 9.67. The maximum Gasteiger partial charge on any atom is 0.248 e. The number of azide groups is 1. The summed E-state index contributed by atoms with van der Waals surface area (Å²) in [4.78, 5) is 49.6. The number of alkyl halides is 4. The topological polar surface area (TPSA) is 200 Å². The Morgan fingerprint density at radius 1 is 0.930 bits per heavy atom. The predicted molar refractivity (Wildman–Crippen MR) is 207 cm³/mol. The van der Waals surface area contributed by atoms with Gasteiger partial charge in [0, 0.05) is 82.9 Å². The highest BCUT2D eigenvalue weighted by Gasteiger charge is 2.52. The number of terminal acetylenes is 1. The second-order valence-corrected chi connectivity index (χ2v) is 17.4. The molecule has 18 heteroatoms. The third-order valence-corrected chi connectivity index (χ3v) is 13.2. The van der Waals surface area contributed by atoms with E-state index in [4.69, 9.17) is 23.4 Å². The number of rotatable bonds is 13. The number of hydrogen-bond acceptors (Lipinski definition) is 9. The van der Waals surface area contributed by atoms with Gasteiger partial charge in [0.15, 0.2) is 11.6 Å². The fourth-order valence-corrected chi connectivity index (χ4v) is 8.85. The minimum absolute atomic E-state index is 0.00373. The lowest BCUT2D eigenvalue weighted by molar-refractivity contribution is -0.123. The summed E-state index contributed by atoms with van der Waals surface area (Å²) < 4.78 is 55.2. The Hall–Kier alpha value is -4.59. The zero-order chi connectivity index (χ0) is 41.6. The van der Waals surface area contributed by atoms with E-state index in [1.54, 1.807) is 29.1 Å². The molecule has 4 saturated carbocycles. The molecule has 0 saturated heterocycles. The van der Waals surface area contributed by atoms with E-state index in [9.17, 15) is 36.7 Å². The molecule has 0 aliphatic heterocycles. The van der Waals surface area contributed by atoms with Crippen LogP contribution in [-0.4, -0.2) is 55.8 Å². The number of Topliss-reactive ketones (excluding diaryl/α,β-unsaturated/α-hetero) is 2. The fourth-order valence-electron chi connectivity index (χ4n) is 7.53. The van der Waals surface area contributed by atoms with Gasteiger partial charge in [0.1, 0.15) is 11.1 Å². The second-order valence-electron chi connectivity index (χ2n) is 15.8. The van der Waals surface area contributed by atoms with Crippen LogP contribution in [0.5, 0.6) is 0 Å². The molecular formula is C39H46F4N8O4S2. The quantitative estimate of drug-likeness (QED) is 0.0431. The molecule has 0 unspecified atom stereocenters. The smallest absolute Gasteiger partial charge is 0.248 e. The molecule has 2 amide bonds. The summed E-state index contributed by atoms with van der Waals surface area (Å²) in [6.45, 7) is 1.85. The Labute approximate surface area is 335 Å². The zero-order valence-corrected chi connectivity index (χ0v) is 33.2. The maximum atomic E-state index is 13.6. The lowest BCUT2D eigenvalue weighted by Crippen LogP contribution is -2.35. The van der Waals surface area contributed by atoms with Crippen molar-refractivity contribution in [2.24, 2.45) is 33.8 Å². The molecule has 306 valence electrons. The lowest BCUT2D eigenvalue weighted by Gasteiger charge is -2.38. The van der Waals surface area contributed by atoms with Gasteiger partial charge in [0.25, 0.3) is 0 Å². The Morgan fingerprint density at radius 3 is 1.89 bits per heavy atom. The minimum Gasteiger partial charge on any atom is -0.369 e. The van der Waals surface area contributed by atoms with Crippen LogP contribution in [0, 0.1) is 29.6 Å². The number of halogens is 4. The number of amides is 2. The molecule has 4 N–H and O–H groups in total. The van der Waals surface area contributed by atoms with E-state index in [2.05, 4.69) is 26.3 Å². The molecule has 3 heterocycles. The van der Waals surface area contributed by atoms with Gasteiger partial charge in [-0.1, -0.05) is 16.2 Å². The third kappa shape index (κ3) is 10.7. The summed E-state index contributed by atoms with van der Waals surface area (Å²) in [6.07, 6.45) is 11.0. The number of carbonyl (C=O) groups is 4. The van der Waals surface area contributed by atoms with Crippen LogP contribution in [-0.2, 0) is 15.1 Å². The molecular weight excluding hydrogens is 785 g/mol.